The number of aliphatic hydroxyl groups excluding tert-OH is 1. The molecule has 104 valence electrons. The third-order valence-electron chi connectivity index (χ3n) is 4.93. The number of carbonyl (C=O) groups is 1. The lowest BCUT2D eigenvalue weighted by Crippen LogP contribution is -2.43. The molecule has 4 nitrogen and oxygen atoms in total. The molecule has 0 bridgehead atoms. The lowest BCUT2D eigenvalue weighted by atomic mass is 9.76. The van der Waals surface area contributed by atoms with Crippen LogP contribution in [0.3, 0.4) is 0 Å². The summed E-state index contributed by atoms with van der Waals surface area (Å²) in [4.78, 5) is 11.8. The van der Waals surface area contributed by atoms with Gasteiger partial charge in [0.25, 0.3) is 0 Å². The van der Waals surface area contributed by atoms with E-state index in [9.17, 15) is 15.0 Å². The molecule has 3 rings (SSSR count). The minimum absolute atomic E-state index is 0.240. The largest absolute Gasteiger partial charge is 0.461 e. The van der Waals surface area contributed by atoms with Crippen molar-refractivity contribution in [1.29, 1.82) is 0 Å². The van der Waals surface area contributed by atoms with E-state index in [4.69, 9.17) is 4.74 Å². The lowest BCUT2D eigenvalue weighted by Gasteiger charge is -2.33. The average molecular weight is 264 g/mol. The smallest absolute Gasteiger partial charge is 0.309 e. The van der Waals surface area contributed by atoms with Gasteiger partial charge in [-0.1, -0.05) is 24.6 Å². The number of carbonyl (C=O) groups excluding carboxylic acids is 1. The van der Waals surface area contributed by atoms with Crippen LogP contribution in [0.5, 0.6) is 0 Å². The third-order valence-corrected chi connectivity index (χ3v) is 4.93. The van der Waals surface area contributed by atoms with Gasteiger partial charge in [0, 0.05) is 5.92 Å². The predicted octanol–water partition coefficient (Wildman–Crippen LogP) is 1.18. The van der Waals surface area contributed by atoms with E-state index in [2.05, 4.69) is 0 Å². The first-order chi connectivity index (χ1) is 8.83. The zero-order valence-electron chi connectivity index (χ0n) is 11.5. The number of allylic oxidation sites excluding steroid dienone is 1. The van der Waals surface area contributed by atoms with E-state index >= 15 is 0 Å². The van der Waals surface area contributed by atoms with Crippen LogP contribution in [-0.2, 0) is 9.53 Å². The van der Waals surface area contributed by atoms with Gasteiger partial charge in [-0.2, -0.15) is 0 Å². The van der Waals surface area contributed by atoms with Gasteiger partial charge >= 0.3 is 5.97 Å². The van der Waals surface area contributed by atoms with Crippen molar-refractivity contribution in [3.63, 3.8) is 0 Å². The minimum atomic E-state index is -1.02. The van der Waals surface area contributed by atoms with Gasteiger partial charge in [-0.15, -0.1) is 0 Å². The Kier molecular flexibility index (Phi) is 2.67. The summed E-state index contributed by atoms with van der Waals surface area (Å²) in [5, 5.41) is 20.9. The highest BCUT2D eigenvalue weighted by molar-refractivity contribution is 5.75. The van der Waals surface area contributed by atoms with E-state index in [0.717, 1.165) is 11.1 Å². The number of fused-ring (bicyclic) bond motifs is 3. The summed E-state index contributed by atoms with van der Waals surface area (Å²) in [5.74, 6) is -1.08. The van der Waals surface area contributed by atoms with Crippen LogP contribution in [0.15, 0.2) is 23.3 Å². The molecule has 3 aliphatic rings. The fourth-order valence-electron chi connectivity index (χ4n) is 3.87. The summed E-state index contributed by atoms with van der Waals surface area (Å²) >= 11 is 0. The fraction of sp³-hybridized carbons (Fsp3) is 0.667. The zero-order valence-corrected chi connectivity index (χ0v) is 11.5. The number of hydrogen-bond donors (Lipinski definition) is 2. The Morgan fingerprint density at radius 2 is 2.16 bits per heavy atom. The first-order valence-corrected chi connectivity index (χ1v) is 6.82. The highest BCUT2D eigenvalue weighted by Gasteiger charge is 2.56. The van der Waals surface area contributed by atoms with Gasteiger partial charge in [0.15, 0.2) is 0 Å². The number of esters is 1. The normalized spacial score (nSPS) is 48.9. The van der Waals surface area contributed by atoms with Crippen molar-refractivity contribution in [3.8, 4) is 0 Å². The summed E-state index contributed by atoms with van der Waals surface area (Å²) in [6.45, 7) is 5.51. The van der Waals surface area contributed by atoms with Crippen molar-refractivity contribution in [2.45, 2.75) is 45.0 Å². The van der Waals surface area contributed by atoms with Gasteiger partial charge in [-0.25, -0.2) is 0 Å². The molecule has 0 amide bonds. The van der Waals surface area contributed by atoms with Crippen LogP contribution in [0.25, 0.3) is 0 Å². The molecule has 6 atom stereocenters. The maximum Gasteiger partial charge on any atom is 0.309 e. The number of hydrogen-bond acceptors (Lipinski definition) is 4. The molecule has 4 heteroatoms. The quantitative estimate of drug-likeness (QED) is 0.645. The lowest BCUT2D eigenvalue weighted by molar-refractivity contribution is -0.147. The van der Waals surface area contributed by atoms with E-state index < -0.39 is 17.8 Å². The molecule has 0 aromatic heterocycles. The summed E-state index contributed by atoms with van der Waals surface area (Å²) in [6, 6.07) is 0. The van der Waals surface area contributed by atoms with Crippen molar-refractivity contribution in [1.82, 2.24) is 0 Å². The number of rotatable bonds is 0. The predicted molar refractivity (Wildman–Crippen MR) is 69.1 cm³/mol. The molecule has 2 aliphatic carbocycles. The van der Waals surface area contributed by atoms with Crippen molar-refractivity contribution in [2.24, 2.45) is 17.8 Å². The number of ether oxygens (including phenoxy) is 1. The Morgan fingerprint density at radius 1 is 1.47 bits per heavy atom. The summed E-state index contributed by atoms with van der Waals surface area (Å²) < 4.78 is 5.49. The second-order valence-electron chi connectivity index (χ2n) is 6.31. The number of aliphatic hydroxyl groups is 2. The van der Waals surface area contributed by atoms with Gasteiger partial charge in [0.2, 0.25) is 0 Å². The van der Waals surface area contributed by atoms with Crippen LogP contribution in [0.4, 0.5) is 0 Å². The molecule has 0 saturated carbocycles. The standard InChI is InChI=1S/C15H20O4/c1-7-6-10(16)11-8(2)14(17)19-13(11)12-9(7)4-5-15(12,3)18/h4-5,8,10-13,16,18H,6H2,1-3H3. The zero-order chi connectivity index (χ0) is 13.9. The second kappa shape index (κ2) is 3.93. The van der Waals surface area contributed by atoms with E-state index in [1.54, 1.807) is 19.9 Å². The van der Waals surface area contributed by atoms with Gasteiger partial charge in [0.05, 0.1) is 23.5 Å². The molecule has 1 heterocycles. The van der Waals surface area contributed by atoms with Crippen molar-refractivity contribution < 1.29 is 19.7 Å². The highest BCUT2D eigenvalue weighted by atomic mass is 16.6. The van der Waals surface area contributed by atoms with Gasteiger partial charge in [-0.3, -0.25) is 4.79 Å². The molecular formula is C15H20O4. The van der Waals surface area contributed by atoms with Gasteiger partial charge < -0.3 is 14.9 Å². The van der Waals surface area contributed by atoms with Crippen LogP contribution in [0.1, 0.15) is 27.2 Å². The van der Waals surface area contributed by atoms with Crippen LogP contribution >= 0.6 is 0 Å². The van der Waals surface area contributed by atoms with Crippen molar-refractivity contribution in [2.75, 3.05) is 0 Å². The Labute approximate surface area is 112 Å². The molecule has 1 fully saturated rings. The maximum atomic E-state index is 11.8. The Balaban J connectivity index is 2.10. The SMILES string of the molecule is CC1=C2C=CC(C)(O)C2C2OC(=O)C(C)C2C(O)C1. The fourth-order valence-corrected chi connectivity index (χ4v) is 3.87. The molecule has 2 N–H and O–H groups in total. The summed E-state index contributed by atoms with van der Waals surface area (Å²) in [6.07, 6.45) is 3.19. The van der Waals surface area contributed by atoms with E-state index in [1.165, 1.54) is 0 Å². The molecule has 1 aliphatic heterocycles. The molecule has 1 saturated heterocycles. The summed E-state index contributed by atoms with van der Waals surface area (Å²) in [7, 11) is 0. The Hall–Kier alpha value is -1.13. The van der Waals surface area contributed by atoms with Gasteiger partial charge in [0.1, 0.15) is 6.10 Å². The topological polar surface area (TPSA) is 66.8 Å². The van der Waals surface area contributed by atoms with Crippen molar-refractivity contribution >= 4 is 5.97 Å². The van der Waals surface area contributed by atoms with E-state index in [-0.39, 0.29) is 23.7 Å². The van der Waals surface area contributed by atoms with Crippen LogP contribution in [-0.4, -0.2) is 34.0 Å². The van der Waals surface area contributed by atoms with Gasteiger partial charge in [-0.05, 0) is 25.8 Å². The van der Waals surface area contributed by atoms with E-state index in [0.29, 0.717) is 6.42 Å². The molecule has 19 heavy (non-hydrogen) atoms. The summed E-state index contributed by atoms with van der Waals surface area (Å²) in [5.41, 5.74) is 1.07. The van der Waals surface area contributed by atoms with Crippen molar-refractivity contribution in [3.05, 3.63) is 23.3 Å². The second-order valence-corrected chi connectivity index (χ2v) is 6.31. The third kappa shape index (κ3) is 1.70. The Morgan fingerprint density at radius 3 is 2.84 bits per heavy atom. The minimum Gasteiger partial charge on any atom is -0.461 e. The molecule has 0 aromatic carbocycles. The Bertz CT molecular complexity index is 488. The van der Waals surface area contributed by atoms with Crippen LogP contribution in [0, 0.1) is 17.8 Å². The molecule has 6 unspecified atom stereocenters. The first kappa shape index (κ1) is 12.9. The highest BCUT2D eigenvalue weighted by Crippen LogP contribution is 2.49. The maximum absolute atomic E-state index is 11.8. The molecular weight excluding hydrogens is 244 g/mol. The van der Waals surface area contributed by atoms with Crippen LogP contribution in [0.2, 0.25) is 0 Å². The van der Waals surface area contributed by atoms with Crippen LogP contribution < -0.4 is 0 Å². The molecule has 0 aromatic rings. The van der Waals surface area contributed by atoms with E-state index in [1.807, 2.05) is 13.0 Å². The molecule has 0 spiro atoms. The molecule has 0 radical (unpaired) electrons. The monoisotopic (exact) mass is 264 g/mol. The first-order valence-electron chi connectivity index (χ1n) is 6.82. The average Bonchev–Trinajstić information content (AvgIpc) is 2.72.